The van der Waals surface area contributed by atoms with Crippen molar-refractivity contribution in [1.82, 2.24) is 9.88 Å². The molecule has 1 aliphatic carbocycles. The Bertz CT molecular complexity index is 1260. The van der Waals surface area contributed by atoms with Crippen molar-refractivity contribution in [2.45, 2.75) is 37.6 Å². The van der Waals surface area contributed by atoms with Crippen molar-refractivity contribution in [3.8, 4) is 11.1 Å². The first-order chi connectivity index (χ1) is 16.9. The maximum absolute atomic E-state index is 13.0. The van der Waals surface area contributed by atoms with E-state index in [9.17, 15) is 19.5 Å². The number of aliphatic carboxylic acids is 1. The quantitative estimate of drug-likeness (QED) is 0.521. The molecule has 2 N–H and O–H groups in total. The van der Waals surface area contributed by atoms with E-state index in [1.165, 1.54) is 10.3 Å². The standard InChI is InChI=1S/C26H25N3O5S/c1-26(23(31)32)12-6-7-13-29(26)22(30)21-15-35-24(27-21)28-25(33)34-14-20-18-10-4-2-8-16(18)17-9-3-5-11-19(17)20/h2-5,8-11,15,20H,6-7,12-14H2,1H3,(H,31,32)(H,27,28,33). The van der Waals surface area contributed by atoms with Crippen LogP contribution in [-0.4, -0.2) is 51.7 Å². The van der Waals surface area contributed by atoms with Crippen LogP contribution in [0.3, 0.4) is 0 Å². The van der Waals surface area contributed by atoms with Crippen LogP contribution in [0.4, 0.5) is 9.93 Å². The van der Waals surface area contributed by atoms with Crippen LogP contribution in [0.5, 0.6) is 0 Å². The average Bonchev–Trinajstić information content (AvgIpc) is 3.45. The van der Waals surface area contributed by atoms with E-state index in [2.05, 4.69) is 22.4 Å². The number of benzene rings is 2. The Morgan fingerprint density at radius 3 is 2.43 bits per heavy atom. The number of aromatic nitrogens is 1. The van der Waals surface area contributed by atoms with Gasteiger partial charge in [-0.05, 0) is 48.4 Å². The van der Waals surface area contributed by atoms with Gasteiger partial charge in [-0.15, -0.1) is 11.3 Å². The molecule has 3 aromatic rings. The highest BCUT2D eigenvalue weighted by Gasteiger charge is 2.44. The van der Waals surface area contributed by atoms with E-state index < -0.39 is 23.5 Å². The Morgan fingerprint density at radius 1 is 1.11 bits per heavy atom. The van der Waals surface area contributed by atoms with Crippen LogP contribution in [0.25, 0.3) is 11.1 Å². The van der Waals surface area contributed by atoms with Crippen LogP contribution < -0.4 is 5.32 Å². The van der Waals surface area contributed by atoms with Gasteiger partial charge in [-0.25, -0.2) is 14.6 Å². The van der Waals surface area contributed by atoms with Crippen molar-refractivity contribution in [2.24, 2.45) is 0 Å². The molecule has 5 rings (SSSR count). The van der Waals surface area contributed by atoms with Crippen LogP contribution in [-0.2, 0) is 9.53 Å². The molecular weight excluding hydrogens is 466 g/mol. The molecule has 1 saturated heterocycles. The molecule has 0 saturated carbocycles. The number of anilines is 1. The molecule has 1 aromatic heterocycles. The average molecular weight is 492 g/mol. The highest BCUT2D eigenvalue weighted by atomic mass is 32.1. The molecule has 180 valence electrons. The fourth-order valence-electron chi connectivity index (χ4n) is 4.96. The Hall–Kier alpha value is -3.72. The topological polar surface area (TPSA) is 109 Å². The lowest BCUT2D eigenvalue weighted by Gasteiger charge is -2.41. The van der Waals surface area contributed by atoms with Gasteiger partial charge in [0, 0.05) is 17.8 Å². The molecule has 1 fully saturated rings. The molecule has 1 atom stereocenters. The van der Waals surface area contributed by atoms with Crippen molar-refractivity contribution in [3.63, 3.8) is 0 Å². The Labute approximate surface area is 206 Å². The Morgan fingerprint density at radius 2 is 1.77 bits per heavy atom. The highest BCUT2D eigenvalue weighted by Crippen LogP contribution is 2.44. The van der Waals surface area contributed by atoms with Gasteiger partial charge in [-0.1, -0.05) is 48.5 Å². The number of piperidine rings is 1. The third kappa shape index (κ3) is 4.16. The number of carbonyl (C=O) groups is 3. The van der Waals surface area contributed by atoms with Gasteiger partial charge < -0.3 is 14.7 Å². The minimum absolute atomic E-state index is 0.0608. The summed E-state index contributed by atoms with van der Waals surface area (Å²) in [6.45, 7) is 2.09. The van der Waals surface area contributed by atoms with Gasteiger partial charge in [-0.2, -0.15) is 0 Å². The number of carbonyl (C=O) groups excluding carboxylic acids is 2. The summed E-state index contributed by atoms with van der Waals surface area (Å²) in [5.41, 5.74) is 3.37. The largest absolute Gasteiger partial charge is 0.480 e. The lowest BCUT2D eigenvalue weighted by atomic mass is 9.88. The number of hydrogen-bond acceptors (Lipinski definition) is 6. The van der Waals surface area contributed by atoms with Gasteiger partial charge in [0.25, 0.3) is 5.91 Å². The molecule has 1 aliphatic heterocycles. The molecule has 0 bridgehead atoms. The highest BCUT2D eigenvalue weighted by molar-refractivity contribution is 7.14. The van der Waals surface area contributed by atoms with E-state index in [4.69, 9.17) is 4.74 Å². The van der Waals surface area contributed by atoms with Crippen LogP contribution in [0.2, 0.25) is 0 Å². The van der Waals surface area contributed by atoms with E-state index in [-0.39, 0.29) is 23.4 Å². The van der Waals surface area contributed by atoms with Crippen molar-refractivity contribution in [3.05, 3.63) is 70.7 Å². The van der Waals surface area contributed by atoms with E-state index in [0.29, 0.717) is 13.0 Å². The number of amides is 2. The molecular formula is C26H25N3O5S. The smallest absolute Gasteiger partial charge is 0.413 e. The van der Waals surface area contributed by atoms with E-state index in [1.807, 2.05) is 36.4 Å². The monoisotopic (exact) mass is 491 g/mol. The predicted molar refractivity (Wildman–Crippen MR) is 132 cm³/mol. The van der Waals surface area contributed by atoms with E-state index in [1.54, 1.807) is 6.92 Å². The zero-order chi connectivity index (χ0) is 24.6. The second-order valence-corrected chi connectivity index (χ2v) is 9.84. The third-order valence-electron chi connectivity index (χ3n) is 6.87. The summed E-state index contributed by atoms with van der Waals surface area (Å²) < 4.78 is 5.54. The fourth-order valence-corrected chi connectivity index (χ4v) is 5.63. The second-order valence-electron chi connectivity index (χ2n) is 8.98. The zero-order valence-corrected chi connectivity index (χ0v) is 20.0. The molecule has 9 heteroatoms. The van der Waals surface area contributed by atoms with Gasteiger partial charge in [0.1, 0.15) is 17.8 Å². The normalized spacial score (nSPS) is 19.1. The number of likely N-dealkylation sites (tertiary alicyclic amines) is 1. The van der Waals surface area contributed by atoms with Crippen LogP contribution in [0.1, 0.15) is 53.7 Å². The summed E-state index contributed by atoms with van der Waals surface area (Å²) in [5, 5.41) is 14.0. The zero-order valence-electron chi connectivity index (χ0n) is 19.2. The molecule has 2 aliphatic rings. The predicted octanol–water partition coefficient (Wildman–Crippen LogP) is 4.97. The number of thiazole rings is 1. The Kier molecular flexibility index (Phi) is 6.02. The van der Waals surface area contributed by atoms with Crippen molar-refractivity contribution in [1.29, 1.82) is 0 Å². The van der Waals surface area contributed by atoms with Gasteiger partial charge in [-0.3, -0.25) is 10.1 Å². The molecule has 1 unspecified atom stereocenters. The number of nitrogens with one attached hydrogen (secondary N) is 1. The lowest BCUT2D eigenvalue weighted by molar-refractivity contribution is -0.150. The van der Waals surface area contributed by atoms with Crippen molar-refractivity contribution in [2.75, 3.05) is 18.5 Å². The number of carboxylic acids is 1. The number of fused-ring (bicyclic) bond motifs is 3. The van der Waals surface area contributed by atoms with E-state index in [0.717, 1.165) is 46.4 Å². The molecule has 2 aromatic carbocycles. The van der Waals surface area contributed by atoms with Crippen molar-refractivity contribution < 1.29 is 24.2 Å². The first-order valence-electron chi connectivity index (χ1n) is 11.5. The van der Waals surface area contributed by atoms with E-state index >= 15 is 0 Å². The first kappa shape index (κ1) is 23.0. The summed E-state index contributed by atoms with van der Waals surface area (Å²) in [4.78, 5) is 43.0. The van der Waals surface area contributed by atoms with Crippen molar-refractivity contribution >= 4 is 34.4 Å². The fraction of sp³-hybridized carbons (Fsp3) is 0.308. The van der Waals surface area contributed by atoms with Crippen LogP contribution >= 0.6 is 11.3 Å². The summed E-state index contributed by atoms with van der Waals surface area (Å²) in [7, 11) is 0. The Balaban J connectivity index is 1.24. The summed E-state index contributed by atoms with van der Waals surface area (Å²) in [6, 6.07) is 16.2. The van der Waals surface area contributed by atoms with Gasteiger partial charge >= 0.3 is 12.1 Å². The number of nitrogens with zero attached hydrogens (tertiary/aromatic N) is 2. The minimum atomic E-state index is -1.26. The second kappa shape index (κ2) is 9.14. The van der Waals surface area contributed by atoms with Crippen LogP contribution in [0.15, 0.2) is 53.9 Å². The maximum atomic E-state index is 13.0. The number of hydrogen-bond donors (Lipinski definition) is 2. The number of ether oxygens (including phenoxy) is 1. The molecule has 8 nitrogen and oxygen atoms in total. The number of carboxylic acid groups (broad SMARTS) is 1. The summed E-state index contributed by atoms with van der Waals surface area (Å²) in [5.74, 6) is -1.54. The number of rotatable bonds is 5. The summed E-state index contributed by atoms with van der Waals surface area (Å²) in [6.07, 6.45) is 1.22. The summed E-state index contributed by atoms with van der Waals surface area (Å²) >= 11 is 1.10. The SMILES string of the molecule is CC1(C(=O)O)CCCCN1C(=O)c1csc(NC(=O)OCC2c3ccccc3-c3ccccc32)n1. The van der Waals surface area contributed by atoms with Crippen LogP contribution in [0, 0.1) is 0 Å². The molecule has 0 radical (unpaired) electrons. The van der Waals surface area contributed by atoms with Gasteiger partial charge in [0.05, 0.1) is 0 Å². The minimum Gasteiger partial charge on any atom is -0.480 e. The molecule has 35 heavy (non-hydrogen) atoms. The molecule has 2 heterocycles. The maximum Gasteiger partial charge on any atom is 0.413 e. The third-order valence-corrected chi connectivity index (χ3v) is 7.63. The first-order valence-corrected chi connectivity index (χ1v) is 12.4. The molecule has 2 amide bonds. The molecule has 0 spiro atoms. The van der Waals surface area contributed by atoms with Gasteiger partial charge in [0.15, 0.2) is 5.13 Å². The lowest BCUT2D eigenvalue weighted by Crippen LogP contribution is -2.57. The van der Waals surface area contributed by atoms with Gasteiger partial charge in [0.2, 0.25) is 0 Å².